The Kier molecular flexibility index (Phi) is 30.8. The Morgan fingerprint density at radius 3 is 1.62 bits per heavy atom. The standard InChI is InChI=1S/C42H69NO7/c1-6-8-10-12-14-15-16-17-18-19-20-21-22-23-24-25-27-29-31-33-41(45)50-38(36-48-35-34-39(42(46)47)43(3,4)5)37-49-40(44)32-30-28-26-13-11-9-7-2/h8,10,14-15,17-18,20-21,23-24,27,29,38-39H,6-7,9,11-13,16,19,22,25-26,28,30-37H2,1-5H3/b10-8+,15-14+,18-17+,21-20+,24-23+,29-27+. The molecule has 8 nitrogen and oxygen atoms in total. The molecule has 0 radical (unpaired) electrons. The van der Waals surface area contributed by atoms with Crippen LogP contribution >= 0.6 is 0 Å². The summed E-state index contributed by atoms with van der Waals surface area (Å²) in [5.74, 6) is -1.86. The first kappa shape index (κ1) is 46.8. The molecule has 50 heavy (non-hydrogen) atoms. The number of allylic oxidation sites excluding steroid dienone is 12. The van der Waals surface area contributed by atoms with E-state index in [0.717, 1.165) is 57.8 Å². The smallest absolute Gasteiger partial charge is 0.306 e. The molecular formula is C42H69NO7. The molecule has 0 fully saturated rings. The summed E-state index contributed by atoms with van der Waals surface area (Å²) in [6, 6.07) is -0.739. The fourth-order valence-corrected chi connectivity index (χ4v) is 4.92. The number of carboxylic acid groups (broad SMARTS) is 1. The molecular weight excluding hydrogens is 630 g/mol. The minimum atomic E-state index is -1.14. The number of unbranched alkanes of at least 4 members (excludes halogenated alkanes) is 6. The lowest BCUT2D eigenvalue weighted by atomic mass is 10.1. The van der Waals surface area contributed by atoms with E-state index in [1.165, 1.54) is 25.7 Å². The second-order valence-electron chi connectivity index (χ2n) is 13.4. The van der Waals surface area contributed by atoms with Gasteiger partial charge >= 0.3 is 11.9 Å². The quantitative estimate of drug-likeness (QED) is 0.0301. The van der Waals surface area contributed by atoms with Crippen molar-refractivity contribution >= 4 is 17.9 Å². The average molecular weight is 700 g/mol. The molecule has 0 saturated carbocycles. The first-order valence-corrected chi connectivity index (χ1v) is 19.0. The van der Waals surface area contributed by atoms with Crippen molar-refractivity contribution in [2.24, 2.45) is 0 Å². The van der Waals surface area contributed by atoms with Gasteiger partial charge in [0.2, 0.25) is 0 Å². The van der Waals surface area contributed by atoms with Crippen molar-refractivity contribution in [1.82, 2.24) is 0 Å². The Morgan fingerprint density at radius 2 is 1.12 bits per heavy atom. The number of hydrogen-bond donors (Lipinski definition) is 0. The Morgan fingerprint density at radius 1 is 0.620 bits per heavy atom. The molecule has 0 spiro atoms. The van der Waals surface area contributed by atoms with E-state index in [4.69, 9.17) is 14.2 Å². The van der Waals surface area contributed by atoms with E-state index in [-0.39, 0.29) is 43.1 Å². The normalized spacial score (nSPS) is 13.9. The van der Waals surface area contributed by atoms with Crippen LogP contribution in [0.2, 0.25) is 0 Å². The maximum Gasteiger partial charge on any atom is 0.306 e. The van der Waals surface area contributed by atoms with E-state index in [1.807, 2.05) is 12.2 Å². The Labute approximate surface area is 304 Å². The second-order valence-corrected chi connectivity index (χ2v) is 13.4. The number of aliphatic carboxylic acids is 1. The first-order valence-electron chi connectivity index (χ1n) is 19.0. The monoisotopic (exact) mass is 700 g/mol. The summed E-state index contributed by atoms with van der Waals surface area (Å²) in [6.07, 6.45) is 39.6. The maximum atomic E-state index is 12.6. The van der Waals surface area contributed by atoms with Gasteiger partial charge in [0.15, 0.2) is 6.10 Å². The van der Waals surface area contributed by atoms with Crippen molar-refractivity contribution in [2.45, 2.75) is 135 Å². The molecule has 0 aliphatic carbocycles. The van der Waals surface area contributed by atoms with E-state index >= 15 is 0 Å². The molecule has 8 heteroatoms. The van der Waals surface area contributed by atoms with Gasteiger partial charge in [0, 0.05) is 19.3 Å². The van der Waals surface area contributed by atoms with Gasteiger partial charge in [-0.15, -0.1) is 0 Å². The Hall–Kier alpha value is -3.23. The molecule has 0 aromatic heterocycles. The lowest BCUT2D eigenvalue weighted by molar-refractivity contribution is -0.889. The molecule has 0 saturated heterocycles. The topological polar surface area (TPSA) is 102 Å². The van der Waals surface area contributed by atoms with E-state index in [0.29, 0.717) is 12.8 Å². The fourth-order valence-electron chi connectivity index (χ4n) is 4.92. The SMILES string of the molecule is CC/C=C/C/C=C/C/C=C/C/C=C/C/C=C/C/C=C/CCC(=O)OC(COCCC(C(=O)[O-])[N+](C)(C)C)COC(=O)CCCCCCCCC. The van der Waals surface area contributed by atoms with E-state index in [1.54, 1.807) is 21.1 Å². The second kappa shape index (κ2) is 32.9. The van der Waals surface area contributed by atoms with Crippen molar-refractivity contribution in [1.29, 1.82) is 0 Å². The van der Waals surface area contributed by atoms with Gasteiger partial charge < -0.3 is 28.6 Å². The number of esters is 2. The molecule has 0 rings (SSSR count). The molecule has 0 amide bonds. The van der Waals surface area contributed by atoms with E-state index < -0.39 is 24.1 Å². The first-order chi connectivity index (χ1) is 24.1. The predicted octanol–water partition coefficient (Wildman–Crippen LogP) is 8.29. The number of carbonyl (C=O) groups excluding carboxylic acids is 3. The van der Waals surface area contributed by atoms with Crippen LogP contribution in [-0.2, 0) is 28.6 Å². The van der Waals surface area contributed by atoms with Crippen molar-refractivity contribution < 1.29 is 38.2 Å². The highest BCUT2D eigenvalue weighted by atomic mass is 16.6. The van der Waals surface area contributed by atoms with Gasteiger partial charge in [-0.05, 0) is 51.4 Å². The van der Waals surface area contributed by atoms with Crippen LogP contribution in [0.5, 0.6) is 0 Å². The van der Waals surface area contributed by atoms with Crippen LogP contribution < -0.4 is 5.11 Å². The third-order valence-electron chi connectivity index (χ3n) is 7.87. The number of rotatable bonds is 32. The van der Waals surface area contributed by atoms with Crippen molar-refractivity contribution in [2.75, 3.05) is 41.0 Å². The van der Waals surface area contributed by atoms with Crippen molar-refractivity contribution in [3.8, 4) is 0 Å². The van der Waals surface area contributed by atoms with Crippen LogP contribution in [0.4, 0.5) is 0 Å². The lowest BCUT2D eigenvalue weighted by Crippen LogP contribution is -2.55. The third-order valence-corrected chi connectivity index (χ3v) is 7.87. The highest BCUT2D eigenvalue weighted by Gasteiger charge is 2.25. The highest BCUT2D eigenvalue weighted by Crippen LogP contribution is 2.11. The van der Waals surface area contributed by atoms with Crippen LogP contribution in [0, 0.1) is 0 Å². The zero-order valence-corrected chi connectivity index (χ0v) is 32.0. The van der Waals surface area contributed by atoms with Gasteiger partial charge in [0.05, 0.1) is 40.3 Å². The summed E-state index contributed by atoms with van der Waals surface area (Å²) in [7, 11) is 5.36. The average Bonchev–Trinajstić information content (AvgIpc) is 3.06. The van der Waals surface area contributed by atoms with Crippen LogP contribution in [0.1, 0.15) is 123 Å². The minimum absolute atomic E-state index is 0.00721. The number of nitrogens with zero attached hydrogens (tertiary/aromatic N) is 1. The van der Waals surface area contributed by atoms with Gasteiger partial charge in [0.25, 0.3) is 0 Å². The zero-order chi connectivity index (χ0) is 37.1. The van der Waals surface area contributed by atoms with Gasteiger partial charge in [0.1, 0.15) is 12.6 Å². The molecule has 0 heterocycles. The summed E-state index contributed by atoms with van der Waals surface area (Å²) >= 11 is 0. The molecule has 0 aromatic carbocycles. The number of ether oxygens (including phenoxy) is 3. The molecule has 2 atom stereocenters. The molecule has 0 bridgehead atoms. The largest absolute Gasteiger partial charge is 0.544 e. The van der Waals surface area contributed by atoms with Crippen LogP contribution in [0.15, 0.2) is 72.9 Å². The summed E-state index contributed by atoms with van der Waals surface area (Å²) in [5, 5.41) is 11.6. The molecule has 0 aliphatic heterocycles. The predicted molar refractivity (Wildman–Crippen MR) is 203 cm³/mol. The number of carbonyl (C=O) groups is 3. The number of likely N-dealkylation sites (N-methyl/N-ethyl adjacent to an activating group) is 1. The molecule has 2 unspecified atom stereocenters. The van der Waals surface area contributed by atoms with Gasteiger partial charge in [-0.2, -0.15) is 0 Å². The lowest BCUT2D eigenvalue weighted by Gasteiger charge is -2.34. The zero-order valence-electron chi connectivity index (χ0n) is 32.0. The van der Waals surface area contributed by atoms with Gasteiger partial charge in [-0.25, -0.2) is 0 Å². The van der Waals surface area contributed by atoms with Gasteiger partial charge in [-0.1, -0.05) is 125 Å². The van der Waals surface area contributed by atoms with E-state index in [2.05, 4.69) is 74.6 Å². The van der Waals surface area contributed by atoms with Crippen molar-refractivity contribution in [3.05, 3.63) is 72.9 Å². The summed E-state index contributed by atoms with van der Waals surface area (Å²) in [4.78, 5) is 36.5. The van der Waals surface area contributed by atoms with E-state index in [9.17, 15) is 19.5 Å². The Bertz CT molecular complexity index is 1050. The van der Waals surface area contributed by atoms with Crippen LogP contribution in [0.25, 0.3) is 0 Å². The minimum Gasteiger partial charge on any atom is -0.544 e. The fraction of sp³-hybridized carbons (Fsp3) is 0.643. The molecule has 0 N–H and O–H groups in total. The Balaban J connectivity index is 4.52. The maximum absolute atomic E-state index is 12.6. The third kappa shape index (κ3) is 30.8. The number of carboxylic acids is 1. The van der Waals surface area contributed by atoms with Crippen LogP contribution in [-0.4, -0.2) is 75.5 Å². The summed E-state index contributed by atoms with van der Waals surface area (Å²) in [5.41, 5.74) is 0. The number of quaternary nitrogens is 1. The highest BCUT2D eigenvalue weighted by molar-refractivity contribution is 5.70. The summed E-state index contributed by atoms with van der Waals surface area (Å²) < 4.78 is 16.9. The molecule has 284 valence electrons. The number of hydrogen-bond acceptors (Lipinski definition) is 7. The van der Waals surface area contributed by atoms with Crippen LogP contribution in [0.3, 0.4) is 0 Å². The molecule has 0 aromatic rings. The van der Waals surface area contributed by atoms with Crippen molar-refractivity contribution in [3.63, 3.8) is 0 Å². The summed E-state index contributed by atoms with van der Waals surface area (Å²) in [6.45, 7) is 4.39. The van der Waals surface area contributed by atoms with Gasteiger partial charge in [-0.3, -0.25) is 9.59 Å². The molecule has 0 aliphatic rings.